The predicted octanol–water partition coefficient (Wildman–Crippen LogP) is 0.773. The number of hydrogen-bond donors (Lipinski definition) is 2. The van der Waals surface area contributed by atoms with Gasteiger partial charge in [-0.3, -0.25) is 0 Å². The van der Waals surface area contributed by atoms with E-state index in [1.807, 2.05) is 6.07 Å². The summed E-state index contributed by atoms with van der Waals surface area (Å²) in [6, 6.07) is 1.82. The third-order valence-electron chi connectivity index (χ3n) is 2.76. The van der Waals surface area contributed by atoms with E-state index < -0.39 is 0 Å². The number of rotatable bonds is 4. The molecule has 2 heterocycles. The van der Waals surface area contributed by atoms with Crippen LogP contribution in [0.1, 0.15) is 26.5 Å². The van der Waals surface area contributed by atoms with Gasteiger partial charge in [-0.2, -0.15) is 5.10 Å². The van der Waals surface area contributed by atoms with Crippen LogP contribution in [0.2, 0.25) is 0 Å². The molecule has 0 fully saturated rings. The second-order valence-corrected chi connectivity index (χ2v) is 5.36. The van der Waals surface area contributed by atoms with Crippen LogP contribution in [0.5, 0.6) is 0 Å². The first-order valence-electron chi connectivity index (χ1n) is 6.15. The highest BCUT2D eigenvalue weighted by atomic mass is 16.5. The molecule has 0 amide bonds. The zero-order valence-corrected chi connectivity index (χ0v) is 11.6. The minimum Gasteiger partial charge on any atom is -0.383 e. The Morgan fingerprint density at radius 1 is 1.47 bits per heavy atom. The SMILES string of the molecule is COCCNc1nc(C(C)(C)C)cc2n[nH]c(=O)n12. The summed E-state index contributed by atoms with van der Waals surface area (Å²) in [5.74, 6) is 0.484. The lowest BCUT2D eigenvalue weighted by Gasteiger charge is -2.19. The molecule has 19 heavy (non-hydrogen) atoms. The number of hydrogen-bond acceptors (Lipinski definition) is 5. The first kappa shape index (κ1) is 13.5. The van der Waals surface area contributed by atoms with Gasteiger partial charge in [0.1, 0.15) is 0 Å². The third-order valence-corrected chi connectivity index (χ3v) is 2.76. The summed E-state index contributed by atoms with van der Waals surface area (Å²) in [5, 5.41) is 9.52. The van der Waals surface area contributed by atoms with E-state index in [9.17, 15) is 4.79 Å². The minimum atomic E-state index is -0.303. The molecule has 0 atom stereocenters. The summed E-state index contributed by atoms with van der Waals surface area (Å²) in [6.07, 6.45) is 0. The first-order valence-corrected chi connectivity index (χ1v) is 6.15. The molecule has 0 saturated heterocycles. The molecule has 0 spiro atoms. The highest BCUT2D eigenvalue weighted by molar-refractivity contribution is 5.47. The maximum Gasteiger partial charge on any atom is 0.350 e. The lowest BCUT2D eigenvalue weighted by atomic mass is 9.92. The average molecular weight is 265 g/mol. The fourth-order valence-corrected chi connectivity index (χ4v) is 1.70. The molecular weight excluding hydrogens is 246 g/mol. The highest BCUT2D eigenvalue weighted by Gasteiger charge is 2.19. The Hall–Kier alpha value is -1.89. The van der Waals surface area contributed by atoms with Crippen LogP contribution in [0.25, 0.3) is 5.65 Å². The molecule has 0 aliphatic carbocycles. The number of ether oxygens (including phenoxy) is 1. The maximum absolute atomic E-state index is 11.7. The van der Waals surface area contributed by atoms with Crippen molar-refractivity contribution >= 4 is 11.6 Å². The summed E-state index contributed by atoms with van der Waals surface area (Å²) >= 11 is 0. The van der Waals surface area contributed by atoms with E-state index >= 15 is 0 Å². The molecule has 2 aromatic rings. The molecule has 7 nitrogen and oxygen atoms in total. The Labute approximate surface area is 111 Å². The number of aromatic amines is 1. The van der Waals surface area contributed by atoms with Crippen molar-refractivity contribution in [2.45, 2.75) is 26.2 Å². The van der Waals surface area contributed by atoms with Crippen molar-refractivity contribution in [3.05, 3.63) is 22.2 Å². The minimum absolute atomic E-state index is 0.117. The van der Waals surface area contributed by atoms with E-state index in [0.29, 0.717) is 24.7 Å². The number of H-pyrrole nitrogens is 1. The van der Waals surface area contributed by atoms with Gasteiger partial charge in [-0.05, 0) is 0 Å². The van der Waals surface area contributed by atoms with Gasteiger partial charge in [0.15, 0.2) is 5.65 Å². The third kappa shape index (κ3) is 2.76. The molecule has 7 heteroatoms. The summed E-state index contributed by atoms with van der Waals surface area (Å²) < 4.78 is 6.41. The molecule has 0 aliphatic heterocycles. The molecule has 0 saturated carbocycles. The van der Waals surface area contributed by atoms with Crippen molar-refractivity contribution in [3.63, 3.8) is 0 Å². The van der Waals surface area contributed by atoms with Gasteiger partial charge in [0.05, 0.1) is 12.3 Å². The van der Waals surface area contributed by atoms with Crippen LogP contribution in [-0.2, 0) is 10.2 Å². The fourth-order valence-electron chi connectivity index (χ4n) is 1.70. The Kier molecular flexibility index (Phi) is 3.57. The van der Waals surface area contributed by atoms with Gasteiger partial charge >= 0.3 is 5.69 Å². The highest BCUT2D eigenvalue weighted by Crippen LogP contribution is 2.22. The van der Waals surface area contributed by atoms with Crippen molar-refractivity contribution in [3.8, 4) is 0 Å². The number of nitrogens with zero attached hydrogens (tertiary/aromatic N) is 3. The van der Waals surface area contributed by atoms with Crippen LogP contribution in [0.15, 0.2) is 10.9 Å². The first-order chi connectivity index (χ1) is 8.93. The fraction of sp³-hybridized carbons (Fsp3) is 0.583. The van der Waals surface area contributed by atoms with E-state index in [2.05, 4.69) is 41.3 Å². The smallest absolute Gasteiger partial charge is 0.350 e. The van der Waals surface area contributed by atoms with Gasteiger partial charge in [-0.1, -0.05) is 20.8 Å². The molecular formula is C12H19N5O2. The van der Waals surface area contributed by atoms with Crippen LogP contribution in [0.4, 0.5) is 5.95 Å². The second-order valence-electron chi connectivity index (χ2n) is 5.36. The van der Waals surface area contributed by atoms with Crippen molar-refractivity contribution < 1.29 is 4.74 Å². The van der Waals surface area contributed by atoms with Gasteiger partial charge < -0.3 is 10.1 Å². The van der Waals surface area contributed by atoms with Gasteiger partial charge in [-0.25, -0.2) is 19.3 Å². The number of aromatic nitrogens is 4. The lowest BCUT2D eigenvalue weighted by molar-refractivity contribution is 0.210. The monoisotopic (exact) mass is 265 g/mol. The molecule has 2 aromatic heterocycles. The summed E-state index contributed by atoms with van der Waals surface area (Å²) in [7, 11) is 1.63. The topological polar surface area (TPSA) is 84.3 Å². The Bertz CT molecular complexity index is 623. The molecule has 0 unspecified atom stereocenters. The molecule has 0 aromatic carbocycles. The van der Waals surface area contributed by atoms with Gasteiger partial charge in [0.2, 0.25) is 5.95 Å². The van der Waals surface area contributed by atoms with Crippen LogP contribution in [0, 0.1) is 0 Å². The molecule has 0 bridgehead atoms. The van der Waals surface area contributed by atoms with Crippen molar-refractivity contribution in [1.82, 2.24) is 19.6 Å². The predicted molar refractivity (Wildman–Crippen MR) is 72.7 cm³/mol. The standard InChI is InChI=1S/C12H19N5O2/c1-12(2,3)8-7-9-15-16-11(18)17(9)10(14-8)13-5-6-19-4/h7H,5-6H2,1-4H3,(H,13,14)(H,16,18). The largest absolute Gasteiger partial charge is 0.383 e. The summed E-state index contributed by atoms with van der Waals surface area (Å²) in [5.41, 5.74) is 1.01. The van der Waals surface area contributed by atoms with Crippen molar-refractivity contribution in [2.24, 2.45) is 0 Å². The number of methoxy groups -OCH3 is 1. The van der Waals surface area contributed by atoms with Crippen LogP contribution >= 0.6 is 0 Å². The van der Waals surface area contributed by atoms with E-state index in [1.165, 1.54) is 4.40 Å². The quantitative estimate of drug-likeness (QED) is 0.798. The molecule has 0 aliphatic rings. The van der Waals surface area contributed by atoms with Gasteiger partial charge in [-0.15, -0.1) is 0 Å². The normalized spacial score (nSPS) is 12.0. The average Bonchev–Trinajstić information content (AvgIpc) is 2.70. The molecule has 2 rings (SSSR count). The van der Waals surface area contributed by atoms with Crippen LogP contribution in [-0.4, -0.2) is 39.8 Å². The lowest BCUT2D eigenvalue weighted by Crippen LogP contribution is -2.22. The van der Waals surface area contributed by atoms with E-state index in [4.69, 9.17) is 4.74 Å². The van der Waals surface area contributed by atoms with Crippen LogP contribution in [0.3, 0.4) is 0 Å². The zero-order valence-electron chi connectivity index (χ0n) is 11.6. The van der Waals surface area contributed by atoms with E-state index in [-0.39, 0.29) is 11.1 Å². The van der Waals surface area contributed by atoms with E-state index in [0.717, 1.165) is 5.69 Å². The van der Waals surface area contributed by atoms with Crippen molar-refractivity contribution in [1.29, 1.82) is 0 Å². The molecule has 104 valence electrons. The zero-order chi connectivity index (χ0) is 14.0. The number of anilines is 1. The Balaban J connectivity index is 2.50. The Morgan fingerprint density at radius 3 is 2.84 bits per heavy atom. The maximum atomic E-state index is 11.7. The van der Waals surface area contributed by atoms with Gasteiger partial charge in [0.25, 0.3) is 0 Å². The Morgan fingerprint density at radius 2 is 2.21 bits per heavy atom. The number of nitrogens with one attached hydrogen (secondary N) is 2. The van der Waals surface area contributed by atoms with Crippen LogP contribution < -0.4 is 11.0 Å². The number of fused-ring (bicyclic) bond motifs is 1. The van der Waals surface area contributed by atoms with Crippen molar-refractivity contribution in [2.75, 3.05) is 25.6 Å². The molecule has 0 radical (unpaired) electrons. The summed E-state index contributed by atoms with van der Waals surface area (Å²) in [6.45, 7) is 7.31. The van der Waals surface area contributed by atoms with E-state index in [1.54, 1.807) is 7.11 Å². The summed E-state index contributed by atoms with van der Waals surface area (Å²) in [4.78, 5) is 16.2. The van der Waals surface area contributed by atoms with Gasteiger partial charge in [0, 0.05) is 25.1 Å². The molecule has 2 N–H and O–H groups in total. The second kappa shape index (κ2) is 5.00.